The summed E-state index contributed by atoms with van der Waals surface area (Å²) in [4.78, 5) is 12.2. The monoisotopic (exact) mass is 374 g/mol. The van der Waals surface area contributed by atoms with E-state index in [9.17, 15) is 4.79 Å². The molecule has 1 heterocycles. The van der Waals surface area contributed by atoms with Gasteiger partial charge in [-0.2, -0.15) is 0 Å². The van der Waals surface area contributed by atoms with Gasteiger partial charge in [0, 0.05) is 17.0 Å². The van der Waals surface area contributed by atoms with Crippen LogP contribution in [0, 0.1) is 0 Å². The third kappa shape index (κ3) is 3.26. The fourth-order valence-electron chi connectivity index (χ4n) is 3.31. The van der Waals surface area contributed by atoms with E-state index < -0.39 is 0 Å². The van der Waals surface area contributed by atoms with Gasteiger partial charge in [-0.15, -0.1) is 0 Å². The molecule has 128 valence electrons. The zero-order chi connectivity index (χ0) is 17.4. The van der Waals surface area contributed by atoms with Crippen molar-refractivity contribution in [1.29, 1.82) is 0 Å². The van der Waals surface area contributed by atoms with E-state index in [-0.39, 0.29) is 5.63 Å². The maximum Gasteiger partial charge on any atom is 0.339 e. The minimum atomic E-state index is -0.219. The third-order valence-corrected chi connectivity index (χ3v) is 5.32. The van der Waals surface area contributed by atoms with Crippen LogP contribution in [0.3, 0.4) is 0 Å². The smallest absolute Gasteiger partial charge is 0.339 e. The molecule has 0 bridgehead atoms. The van der Waals surface area contributed by atoms with Gasteiger partial charge in [-0.05, 0) is 61.1 Å². The molecule has 1 aliphatic rings. The standard InChI is InChI=1S/C20H16Cl2O3/c21-17-8-5-12(9-18(17)22)11-24-13-6-7-15-14-3-1-2-4-16(14)20(23)25-19(15)10-13/h5-10H,1-4,11H2. The van der Waals surface area contributed by atoms with Gasteiger partial charge in [0.05, 0.1) is 10.0 Å². The van der Waals surface area contributed by atoms with Crippen molar-refractivity contribution in [3.05, 3.63) is 73.6 Å². The first-order valence-electron chi connectivity index (χ1n) is 8.27. The third-order valence-electron chi connectivity index (χ3n) is 4.58. The van der Waals surface area contributed by atoms with Crippen molar-refractivity contribution in [3.63, 3.8) is 0 Å². The van der Waals surface area contributed by atoms with Gasteiger partial charge >= 0.3 is 5.63 Å². The van der Waals surface area contributed by atoms with E-state index in [1.807, 2.05) is 18.2 Å². The number of ether oxygens (including phenoxy) is 1. The SMILES string of the molecule is O=c1oc2cc(OCc3ccc(Cl)c(Cl)c3)ccc2c2c1CCCC2. The maximum atomic E-state index is 12.2. The Labute approximate surface area is 155 Å². The Hall–Kier alpha value is -1.97. The van der Waals surface area contributed by atoms with Gasteiger partial charge in [0.1, 0.15) is 17.9 Å². The molecule has 3 nitrogen and oxygen atoms in total. The van der Waals surface area contributed by atoms with Crippen LogP contribution in [0.1, 0.15) is 29.5 Å². The van der Waals surface area contributed by atoms with Gasteiger partial charge in [-0.3, -0.25) is 0 Å². The van der Waals surface area contributed by atoms with Gasteiger partial charge in [0.2, 0.25) is 0 Å². The van der Waals surface area contributed by atoms with Crippen LogP contribution in [0.15, 0.2) is 45.6 Å². The quantitative estimate of drug-likeness (QED) is 0.563. The molecule has 2 aromatic carbocycles. The summed E-state index contributed by atoms with van der Waals surface area (Å²) in [5, 5.41) is 2.03. The van der Waals surface area contributed by atoms with Crippen molar-refractivity contribution in [1.82, 2.24) is 0 Å². The minimum absolute atomic E-state index is 0.219. The summed E-state index contributed by atoms with van der Waals surface area (Å²) in [6.07, 6.45) is 3.90. The largest absolute Gasteiger partial charge is 0.489 e. The summed E-state index contributed by atoms with van der Waals surface area (Å²) in [7, 11) is 0. The highest BCUT2D eigenvalue weighted by atomic mass is 35.5. The highest BCUT2D eigenvalue weighted by molar-refractivity contribution is 6.42. The summed E-state index contributed by atoms with van der Waals surface area (Å²) in [6.45, 7) is 0.359. The second kappa shape index (κ2) is 6.74. The summed E-state index contributed by atoms with van der Waals surface area (Å²) >= 11 is 11.9. The Kier molecular flexibility index (Phi) is 4.45. The molecule has 0 amide bonds. The molecule has 3 aromatic rings. The lowest BCUT2D eigenvalue weighted by atomic mass is 9.91. The topological polar surface area (TPSA) is 39.4 Å². The molecule has 1 aliphatic carbocycles. The average molecular weight is 375 g/mol. The number of halogens is 2. The number of hydrogen-bond donors (Lipinski definition) is 0. The molecule has 25 heavy (non-hydrogen) atoms. The van der Waals surface area contributed by atoms with Crippen molar-refractivity contribution < 1.29 is 9.15 Å². The van der Waals surface area contributed by atoms with E-state index in [2.05, 4.69) is 0 Å². The van der Waals surface area contributed by atoms with Gasteiger partial charge < -0.3 is 9.15 Å². The van der Waals surface area contributed by atoms with Crippen LogP contribution in [0.4, 0.5) is 0 Å². The maximum absolute atomic E-state index is 12.2. The molecule has 0 radical (unpaired) electrons. The number of aryl methyl sites for hydroxylation is 1. The van der Waals surface area contributed by atoms with Crippen LogP contribution in [0.25, 0.3) is 11.0 Å². The first-order valence-corrected chi connectivity index (χ1v) is 9.03. The van der Waals surface area contributed by atoms with E-state index >= 15 is 0 Å². The molecule has 5 heteroatoms. The first-order chi connectivity index (χ1) is 12.1. The summed E-state index contributed by atoms with van der Waals surface area (Å²) in [5.74, 6) is 0.650. The Morgan fingerprint density at radius 3 is 2.56 bits per heavy atom. The Bertz CT molecular complexity index is 1010. The number of rotatable bonds is 3. The lowest BCUT2D eigenvalue weighted by molar-refractivity contribution is 0.306. The predicted molar refractivity (Wildman–Crippen MR) is 99.9 cm³/mol. The Morgan fingerprint density at radius 2 is 1.76 bits per heavy atom. The Balaban J connectivity index is 1.63. The van der Waals surface area contributed by atoms with Crippen molar-refractivity contribution in [2.24, 2.45) is 0 Å². The molecule has 0 fully saturated rings. The van der Waals surface area contributed by atoms with Gasteiger partial charge in [0.25, 0.3) is 0 Å². The average Bonchev–Trinajstić information content (AvgIpc) is 2.63. The van der Waals surface area contributed by atoms with E-state index in [0.717, 1.165) is 47.8 Å². The minimum Gasteiger partial charge on any atom is -0.489 e. The molecule has 0 saturated carbocycles. The van der Waals surface area contributed by atoms with Gasteiger partial charge in [0.15, 0.2) is 0 Å². The van der Waals surface area contributed by atoms with Crippen LogP contribution < -0.4 is 10.4 Å². The van der Waals surface area contributed by atoms with Crippen LogP contribution in [-0.4, -0.2) is 0 Å². The van der Waals surface area contributed by atoms with Crippen molar-refractivity contribution in [2.45, 2.75) is 32.3 Å². The number of hydrogen-bond acceptors (Lipinski definition) is 3. The Morgan fingerprint density at radius 1 is 0.960 bits per heavy atom. The number of benzene rings is 2. The lowest BCUT2D eigenvalue weighted by Crippen LogP contribution is -2.15. The highest BCUT2D eigenvalue weighted by Crippen LogP contribution is 2.29. The summed E-state index contributed by atoms with van der Waals surface area (Å²) in [5.41, 5.74) is 3.25. The molecule has 0 N–H and O–H groups in total. The molecular weight excluding hydrogens is 359 g/mol. The summed E-state index contributed by atoms with van der Waals surface area (Å²) < 4.78 is 11.3. The van der Waals surface area contributed by atoms with Gasteiger partial charge in [-0.25, -0.2) is 4.79 Å². The highest BCUT2D eigenvalue weighted by Gasteiger charge is 2.18. The zero-order valence-corrected chi connectivity index (χ0v) is 15.0. The van der Waals surface area contributed by atoms with Crippen molar-refractivity contribution in [2.75, 3.05) is 0 Å². The molecular formula is C20H16Cl2O3. The normalized spacial score (nSPS) is 13.7. The van der Waals surface area contributed by atoms with E-state index in [4.69, 9.17) is 32.4 Å². The molecule has 0 aliphatic heterocycles. The molecule has 4 rings (SSSR count). The van der Waals surface area contributed by atoms with Crippen LogP contribution >= 0.6 is 23.2 Å². The molecule has 0 atom stereocenters. The second-order valence-corrected chi connectivity index (χ2v) is 7.06. The molecule has 0 unspecified atom stereocenters. The van der Waals surface area contributed by atoms with E-state index in [1.165, 1.54) is 0 Å². The van der Waals surface area contributed by atoms with Gasteiger partial charge in [-0.1, -0.05) is 29.3 Å². The van der Waals surface area contributed by atoms with Crippen molar-refractivity contribution >= 4 is 34.2 Å². The molecule has 0 spiro atoms. The van der Waals surface area contributed by atoms with Crippen LogP contribution in [0.5, 0.6) is 5.75 Å². The van der Waals surface area contributed by atoms with Crippen LogP contribution in [0.2, 0.25) is 10.0 Å². The fraction of sp³-hybridized carbons (Fsp3) is 0.250. The first kappa shape index (κ1) is 16.5. The summed E-state index contributed by atoms with van der Waals surface area (Å²) in [6, 6.07) is 11.1. The second-order valence-electron chi connectivity index (χ2n) is 6.25. The predicted octanol–water partition coefficient (Wildman–Crippen LogP) is 5.56. The fourth-order valence-corrected chi connectivity index (χ4v) is 3.63. The zero-order valence-electron chi connectivity index (χ0n) is 13.5. The lowest BCUT2D eigenvalue weighted by Gasteiger charge is -2.16. The van der Waals surface area contributed by atoms with E-state index in [1.54, 1.807) is 18.2 Å². The molecule has 1 aromatic heterocycles. The van der Waals surface area contributed by atoms with Crippen LogP contribution in [-0.2, 0) is 19.4 Å². The number of fused-ring (bicyclic) bond motifs is 3. The van der Waals surface area contributed by atoms with E-state index in [0.29, 0.717) is 28.0 Å². The van der Waals surface area contributed by atoms with Crippen molar-refractivity contribution in [3.8, 4) is 5.75 Å². The molecule has 0 saturated heterocycles.